The van der Waals surface area contributed by atoms with Crippen LogP contribution >= 0.6 is 0 Å². The molecule has 8 nitrogen and oxygen atoms in total. The Morgan fingerprint density at radius 3 is 2.53 bits per heavy atom. The van der Waals surface area contributed by atoms with Crippen LogP contribution in [0.4, 0.5) is 13.2 Å². The molecule has 172 valence electrons. The van der Waals surface area contributed by atoms with Gasteiger partial charge < -0.3 is 14.8 Å². The van der Waals surface area contributed by atoms with Gasteiger partial charge in [0.05, 0.1) is 11.2 Å². The molecule has 2 aromatic heterocycles. The van der Waals surface area contributed by atoms with Gasteiger partial charge in [0.25, 0.3) is 5.56 Å². The average Bonchev–Trinajstić information content (AvgIpc) is 2.73. The lowest BCUT2D eigenvalue weighted by Crippen LogP contribution is -2.47. The van der Waals surface area contributed by atoms with Crippen molar-refractivity contribution in [2.75, 3.05) is 39.8 Å². The Hall–Kier alpha value is -3.08. The first-order chi connectivity index (χ1) is 15.2. The van der Waals surface area contributed by atoms with Gasteiger partial charge in [-0.15, -0.1) is 0 Å². The third-order valence-electron chi connectivity index (χ3n) is 5.86. The summed E-state index contributed by atoms with van der Waals surface area (Å²) in [4.78, 5) is 36.5. The fourth-order valence-electron chi connectivity index (χ4n) is 4.26. The monoisotopic (exact) mass is 450 g/mol. The lowest BCUT2D eigenvalue weighted by Gasteiger charge is -2.40. The highest BCUT2D eigenvalue weighted by molar-refractivity contribution is 5.73. The van der Waals surface area contributed by atoms with E-state index in [4.69, 9.17) is 0 Å². The number of likely N-dealkylation sites (N-methyl/N-ethyl adjacent to an activating group) is 1. The Morgan fingerprint density at radius 2 is 1.88 bits per heavy atom. The molecule has 0 bridgehead atoms. The van der Waals surface area contributed by atoms with E-state index in [2.05, 4.69) is 14.9 Å². The molecule has 0 atom stereocenters. The van der Waals surface area contributed by atoms with Crippen LogP contribution in [0.1, 0.15) is 12.5 Å². The minimum absolute atomic E-state index is 0.208. The summed E-state index contributed by atoms with van der Waals surface area (Å²) >= 11 is 0. The Labute approximate surface area is 182 Å². The molecule has 0 aliphatic carbocycles. The predicted octanol–water partition coefficient (Wildman–Crippen LogP) is 1.50. The van der Waals surface area contributed by atoms with Crippen LogP contribution in [0.3, 0.4) is 0 Å². The lowest BCUT2D eigenvalue weighted by atomic mass is 10.1. The van der Waals surface area contributed by atoms with Gasteiger partial charge in [-0.05, 0) is 24.6 Å². The fraction of sp³-hybridized carbons (Fsp3) is 0.476. The number of nitrogens with zero attached hydrogens (tertiary/aromatic N) is 5. The molecular formula is C21H25F3N6O2. The quantitative estimate of drug-likeness (QED) is 0.761. The van der Waals surface area contributed by atoms with Crippen LogP contribution in [0.5, 0.6) is 0 Å². The van der Waals surface area contributed by atoms with Crippen LogP contribution in [-0.2, 0) is 13.1 Å². The van der Waals surface area contributed by atoms with Crippen molar-refractivity contribution in [3.05, 3.63) is 62.2 Å². The number of halogens is 3. The summed E-state index contributed by atoms with van der Waals surface area (Å²) in [7, 11) is 1.45. The van der Waals surface area contributed by atoms with Crippen molar-refractivity contribution in [3.8, 4) is 0 Å². The number of hydrogen-bond donors (Lipinski definition) is 1. The Morgan fingerprint density at radius 1 is 1.16 bits per heavy atom. The van der Waals surface area contributed by atoms with E-state index in [0.29, 0.717) is 38.2 Å². The van der Waals surface area contributed by atoms with Gasteiger partial charge in [0.2, 0.25) is 0 Å². The van der Waals surface area contributed by atoms with Crippen molar-refractivity contribution in [3.63, 3.8) is 0 Å². The maximum absolute atomic E-state index is 13.6. The molecule has 0 saturated carbocycles. The minimum Gasteiger partial charge on any atom is -0.367 e. The van der Waals surface area contributed by atoms with E-state index in [0.717, 1.165) is 10.1 Å². The first-order valence-corrected chi connectivity index (χ1v) is 10.5. The molecule has 0 unspecified atom stereocenters. The molecule has 32 heavy (non-hydrogen) atoms. The molecule has 2 aliphatic rings. The van der Waals surface area contributed by atoms with Gasteiger partial charge in [-0.2, -0.15) is 13.2 Å². The topological polar surface area (TPSA) is 77.5 Å². The van der Waals surface area contributed by atoms with Gasteiger partial charge in [0.1, 0.15) is 5.70 Å². The number of aromatic nitrogens is 3. The minimum atomic E-state index is -4.41. The third kappa shape index (κ3) is 4.16. The van der Waals surface area contributed by atoms with Crippen molar-refractivity contribution in [2.24, 2.45) is 0 Å². The molecule has 2 aromatic rings. The summed E-state index contributed by atoms with van der Waals surface area (Å²) in [5, 5.41) is 0. The highest BCUT2D eigenvalue weighted by Crippen LogP contribution is 2.34. The summed E-state index contributed by atoms with van der Waals surface area (Å²) in [6.07, 6.45) is 0.504. The van der Waals surface area contributed by atoms with E-state index in [1.807, 2.05) is 0 Å². The van der Waals surface area contributed by atoms with Crippen molar-refractivity contribution in [1.82, 2.24) is 29.2 Å². The van der Waals surface area contributed by atoms with E-state index in [1.54, 1.807) is 36.2 Å². The molecule has 1 saturated heterocycles. The highest BCUT2D eigenvalue weighted by Gasteiger charge is 2.41. The fourth-order valence-corrected chi connectivity index (χ4v) is 4.26. The van der Waals surface area contributed by atoms with Crippen LogP contribution in [0, 0.1) is 0 Å². The number of pyridine rings is 1. The van der Waals surface area contributed by atoms with Crippen LogP contribution in [0.2, 0.25) is 0 Å². The second kappa shape index (κ2) is 8.45. The number of nitrogens with one attached hydrogen (secondary N) is 1. The molecule has 1 fully saturated rings. The summed E-state index contributed by atoms with van der Waals surface area (Å²) < 4.78 is 41.8. The molecule has 11 heteroatoms. The van der Waals surface area contributed by atoms with Crippen molar-refractivity contribution in [1.29, 1.82) is 0 Å². The normalized spacial score (nSPS) is 18.2. The van der Waals surface area contributed by atoms with Crippen LogP contribution in [-0.4, -0.2) is 75.2 Å². The van der Waals surface area contributed by atoms with Crippen LogP contribution in [0.25, 0.3) is 11.0 Å². The number of fused-ring (bicyclic) bond motifs is 1. The maximum atomic E-state index is 13.6. The molecule has 0 radical (unpaired) electrons. The average molecular weight is 450 g/mol. The summed E-state index contributed by atoms with van der Waals surface area (Å²) in [5.41, 5.74) is 0.123. The van der Waals surface area contributed by atoms with Gasteiger partial charge >= 0.3 is 11.9 Å². The van der Waals surface area contributed by atoms with Crippen molar-refractivity contribution in [2.45, 2.75) is 26.2 Å². The van der Waals surface area contributed by atoms with Gasteiger partial charge in [0, 0.05) is 59.1 Å². The number of rotatable bonds is 4. The van der Waals surface area contributed by atoms with Crippen LogP contribution < -0.4 is 11.2 Å². The van der Waals surface area contributed by atoms with E-state index >= 15 is 0 Å². The number of allylic oxidation sites excluding steroid dienone is 2. The summed E-state index contributed by atoms with van der Waals surface area (Å²) in [6, 6.07) is 1.74. The van der Waals surface area contributed by atoms with E-state index in [9.17, 15) is 22.8 Å². The standard InChI is InChI=1S/C21H25F3N6O2/c1-3-30-19(31)17-15(26-20(30)32)11-14(12-25-17)13-28-7-9-29(10-8-28)16-5-4-6-27(2)18(16)21(22,23)24/h4-5,11-12H,3,6-10,13H2,1-2H3,(H,26,32). The zero-order chi connectivity index (χ0) is 23.0. The Kier molecular flexibility index (Phi) is 5.85. The molecular weight excluding hydrogens is 425 g/mol. The number of alkyl halides is 3. The number of aromatic amines is 1. The third-order valence-corrected chi connectivity index (χ3v) is 5.86. The SMILES string of the molecule is CCn1c(=O)[nH]c2cc(CN3CCN(C4=C(C(F)(F)F)N(C)CC=C4)CC3)cnc2c1=O. The Balaban J connectivity index is 1.49. The first-order valence-electron chi connectivity index (χ1n) is 10.5. The molecule has 4 rings (SSSR count). The zero-order valence-electron chi connectivity index (χ0n) is 17.9. The molecule has 2 aliphatic heterocycles. The van der Waals surface area contributed by atoms with Gasteiger partial charge in [-0.3, -0.25) is 14.3 Å². The summed E-state index contributed by atoms with van der Waals surface area (Å²) in [5.74, 6) is 0. The number of H-pyrrole nitrogens is 1. The largest absolute Gasteiger partial charge is 0.433 e. The number of piperazine rings is 1. The van der Waals surface area contributed by atoms with Crippen molar-refractivity contribution < 1.29 is 13.2 Å². The van der Waals surface area contributed by atoms with Gasteiger partial charge in [-0.1, -0.05) is 6.08 Å². The molecule has 0 amide bonds. The second-order valence-corrected chi connectivity index (χ2v) is 8.00. The molecule has 4 heterocycles. The van der Waals surface area contributed by atoms with Gasteiger partial charge in [-0.25, -0.2) is 9.78 Å². The molecule has 0 aromatic carbocycles. The first kappa shape index (κ1) is 22.1. The lowest BCUT2D eigenvalue weighted by molar-refractivity contribution is -0.111. The molecule has 0 spiro atoms. The van der Waals surface area contributed by atoms with Crippen LogP contribution in [0.15, 0.2) is 45.4 Å². The zero-order valence-corrected chi connectivity index (χ0v) is 17.9. The van der Waals surface area contributed by atoms with E-state index < -0.39 is 23.1 Å². The van der Waals surface area contributed by atoms with Crippen molar-refractivity contribution >= 4 is 11.0 Å². The van der Waals surface area contributed by atoms with E-state index in [-0.39, 0.29) is 24.3 Å². The summed E-state index contributed by atoms with van der Waals surface area (Å²) in [6.45, 7) is 4.82. The van der Waals surface area contributed by atoms with Gasteiger partial charge in [0.15, 0.2) is 5.52 Å². The molecule has 1 N–H and O–H groups in total. The predicted molar refractivity (Wildman–Crippen MR) is 114 cm³/mol. The second-order valence-electron chi connectivity index (χ2n) is 8.00. The van der Waals surface area contributed by atoms with E-state index in [1.165, 1.54) is 11.9 Å². The Bertz CT molecular complexity index is 1190. The highest BCUT2D eigenvalue weighted by atomic mass is 19.4. The maximum Gasteiger partial charge on any atom is 0.433 e. The number of hydrogen-bond acceptors (Lipinski definition) is 6. The smallest absolute Gasteiger partial charge is 0.367 e.